The summed E-state index contributed by atoms with van der Waals surface area (Å²) in [5.74, 6) is 0. The van der Waals surface area contributed by atoms with Crippen molar-refractivity contribution in [3.63, 3.8) is 0 Å². The van der Waals surface area contributed by atoms with Gasteiger partial charge in [0.1, 0.15) is 0 Å². The predicted octanol–water partition coefficient (Wildman–Crippen LogP) is 0.373. The Labute approximate surface area is 126 Å². The van der Waals surface area contributed by atoms with Crippen molar-refractivity contribution in [3.05, 3.63) is 48.5 Å². The Morgan fingerprint density at radius 2 is 1.64 bits per heavy atom. The van der Waals surface area contributed by atoms with Crippen molar-refractivity contribution in [2.45, 2.75) is 13.3 Å². The third-order valence-electron chi connectivity index (χ3n) is 3.09. The molecule has 118 valence electrons. The van der Waals surface area contributed by atoms with Crippen LogP contribution in [-0.4, -0.2) is 19.6 Å². The number of hydrogen-bond donors (Lipinski definition) is 4. The molecule has 2 aromatic rings. The monoisotopic (exact) mass is 346 g/mol. The van der Waals surface area contributed by atoms with Crippen LogP contribution in [0.2, 0.25) is 0 Å². The van der Waals surface area contributed by atoms with Crippen LogP contribution in [0.5, 0.6) is 0 Å². The van der Waals surface area contributed by atoms with Crippen molar-refractivity contribution in [2.24, 2.45) is 0 Å². The second-order valence-electron chi connectivity index (χ2n) is 4.57. The Kier molecular flexibility index (Phi) is 4.63. The molecule has 2 aromatic heterocycles. The molecule has 0 amide bonds. The summed E-state index contributed by atoms with van der Waals surface area (Å²) in [6.45, 7) is 1.74. The maximum absolute atomic E-state index is 11.6. The summed E-state index contributed by atoms with van der Waals surface area (Å²) in [4.78, 5) is 37.2. The molecule has 0 aliphatic heterocycles. The number of pyridine rings is 2. The first-order valence-corrected chi connectivity index (χ1v) is 9.45. The lowest BCUT2D eigenvalue weighted by atomic mass is 10.1. The van der Waals surface area contributed by atoms with Gasteiger partial charge in [-0.05, 0) is 12.1 Å². The highest BCUT2D eigenvalue weighted by atomic mass is 31.2. The van der Waals surface area contributed by atoms with Gasteiger partial charge in [-0.15, -0.1) is 8.68 Å². The van der Waals surface area contributed by atoms with Gasteiger partial charge in [0.15, 0.2) is 24.3 Å². The Balaban J connectivity index is 2.69. The quantitative estimate of drug-likeness (QED) is 0.594. The maximum atomic E-state index is 11.6. The van der Waals surface area contributed by atoms with Crippen molar-refractivity contribution in [1.29, 1.82) is 0 Å². The van der Waals surface area contributed by atoms with E-state index in [2.05, 4.69) is 0 Å². The zero-order valence-electron chi connectivity index (χ0n) is 11.6. The highest BCUT2D eigenvalue weighted by molar-refractivity contribution is 7.44. The minimum atomic E-state index is -4.51. The average Bonchev–Trinajstić information content (AvgIpc) is 2.44. The molecule has 0 atom stereocenters. The second-order valence-corrected chi connectivity index (χ2v) is 7.51. The zero-order valence-corrected chi connectivity index (χ0v) is 13.4. The summed E-state index contributed by atoms with van der Waals surface area (Å²) in [5, 5.41) is 0. The predicted molar refractivity (Wildman–Crippen MR) is 76.5 cm³/mol. The smallest absolute Gasteiger partial charge is 0.271 e. The highest BCUT2D eigenvalue weighted by Gasteiger charge is 2.33. The van der Waals surface area contributed by atoms with Crippen molar-refractivity contribution in [3.8, 4) is 11.1 Å². The SMILES string of the molecule is CCc1c(-c2ccc[n+](P(=O)(O)O)c2)ccc[n+]1P(=O)(O)O. The molecular weight excluding hydrogens is 330 g/mol. The lowest BCUT2D eigenvalue weighted by Gasteiger charge is -2.08. The van der Waals surface area contributed by atoms with Crippen molar-refractivity contribution < 1.29 is 37.4 Å². The maximum Gasteiger partial charge on any atom is 0.607 e. The summed E-state index contributed by atoms with van der Waals surface area (Å²) in [6.07, 6.45) is 4.10. The molecule has 10 heteroatoms. The van der Waals surface area contributed by atoms with Crippen LogP contribution in [0.15, 0.2) is 42.9 Å². The first-order chi connectivity index (χ1) is 10.1. The number of nitrogens with zero attached hydrogens (tertiary/aromatic N) is 2. The first-order valence-electron chi connectivity index (χ1n) is 6.32. The van der Waals surface area contributed by atoms with Crippen molar-refractivity contribution in [1.82, 2.24) is 0 Å². The van der Waals surface area contributed by atoms with E-state index in [9.17, 15) is 28.7 Å². The molecule has 22 heavy (non-hydrogen) atoms. The van der Waals surface area contributed by atoms with Gasteiger partial charge < -0.3 is 0 Å². The van der Waals surface area contributed by atoms with Gasteiger partial charge in [-0.2, -0.15) is 9.13 Å². The third-order valence-corrected chi connectivity index (χ3v) is 4.88. The molecule has 0 saturated heterocycles. The van der Waals surface area contributed by atoms with E-state index < -0.39 is 15.5 Å². The van der Waals surface area contributed by atoms with E-state index >= 15 is 0 Å². The molecule has 0 radical (unpaired) electrons. The van der Waals surface area contributed by atoms with E-state index in [1.165, 1.54) is 30.7 Å². The van der Waals surface area contributed by atoms with Crippen LogP contribution < -0.4 is 8.68 Å². The van der Waals surface area contributed by atoms with Gasteiger partial charge >= 0.3 is 15.5 Å². The molecular formula is C12H16N2O6P2+2. The van der Waals surface area contributed by atoms with Gasteiger partial charge in [-0.1, -0.05) is 6.92 Å². The van der Waals surface area contributed by atoms with Crippen LogP contribution in [0.25, 0.3) is 11.1 Å². The van der Waals surface area contributed by atoms with E-state index in [0.29, 0.717) is 23.2 Å². The fraction of sp³-hybridized carbons (Fsp3) is 0.167. The Morgan fingerprint density at radius 1 is 1.00 bits per heavy atom. The third kappa shape index (κ3) is 3.50. The molecule has 0 bridgehead atoms. The molecule has 8 nitrogen and oxygen atoms in total. The van der Waals surface area contributed by atoms with E-state index in [-0.39, 0.29) is 0 Å². The van der Waals surface area contributed by atoms with E-state index in [1.807, 2.05) is 0 Å². The Morgan fingerprint density at radius 3 is 2.18 bits per heavy atom. The minimum Gasteiger partial charge on any atom is -0.271 e. The van der Waals surface area contributed by atoms with Gasteiger partial charge in [0, 0.05) is 18.6 Å². The molecule has 0 aliphatic carbocycles. The fourth-order valence-corrected chi connectivity index (χ4v) is 3.51. The number of hydrogen-bond acceptors (Lipinski definition) is 2. The van der Waals surface area contributed by atoms with E-state index in [0.717, 1.165) is 8.68 Å². The normalized spacial score (nSPS) is 12.4. The first kappa shape index (κ1) is 17.0. The molecule has 0 saturated carbocycles. The fourth-order valence-electron chi connectivity index (χ4n) is 2.17. The van der Waals surface area contributed by atoms with Gasteiger partial charge in [-0.3, -0.25) is 19.6 Å². The van der Waals surface area contributed by atoms with Crippen LogP contribution in [0.3, 0.4) is 0 Å². The molecule has 2 heterocycles. The van der Waals surface area contributed by atoms with Gasteiger partial charge in [0.2, 0.25) is 0 Å². The van der Waals surface area contributed by atoms with Crippen LogP contribution in [0.4, 0.5) is 0 Å². The lowest BCUT2D eigenvalue weighted by molar-refractivity contribution is -0.548. The molecule has 0 spiro atoms. The minimum absolute atomic E-state index is 0.339. The highest BCUT2D eigenvalue weighted by Crippen LogP contribution is 2.33. The van der Waals surface area contributed by atoms with Gasteiger partial charge in [0.05, 0.1) is 11.1 Å². The summed E-state index contributed by atoms with van der Waals surface area (Å²) < 4.78 is 24.5. The molecule has 0 aliphatic rings. The van der Waals surface area contributed by atoms with Gasteiger partial charge in [0.25, 0.3) is 0 Å². The van der Waals surface area contributed by atoms with Crippen LogP contribution in [-0.2, 0) is 15.6 Å². The van der Waals surface area contributed by atoms with Crippen LogP contribution in [0.1, 0.15) is 12.6 Å². The summed E-state index contributed by atoms with van der Waals surface area (Å²) >= 11 is 0. The number of aromatic nitrogens is 2. The Hall–Kier alpha value is -1.40. The Bertz CT molecular complexity index is 798. The van der Waals surface area contributed by atoms with Gasteiger partial charge in [-0.25, -0.2) is 0 Å². The molecule has 0 unspecified atom stereocenters. The van der Waals surface area contributed by atoms with E-state index in [1.54, 1.807) is 19.1 Å². The summed E-state index contributed by atoms with van der Waals surface area (Å²) in [7, 11) is -8.98. The average molecular weight is 346 g/mol. The van der Waals surface area contributed by atoms with Crippen LogP contribution >= 0.6 is 15.5 Å². The molecule has 2 rings (SSSR count). The zero-order chi connectivity index (χ0) is 16.5. The molecule has 0 fully saturated rings. The lowest BCUT2D eigenvalue weighted by Crippen LogP contribution is -2.35. The second kappa shape index (κ2) is 6.01. The van der Waals surface area contributed by atoms with E-state index in [4.69, 9.17) is 0 Å². The van der Waals surface area contributed by atoms with Crippen molar-refractivity contribution in [2.75, 3.05) is 0 Å². The summed E-state index contributed by atoms with van der Waals surface area (Å²) in [6, 6.07) is 6.19. The largest absolute Gasteiger partial charge is 0.607 e. The topological polar surface area (TPSA) is 123 Å². The molecule has 0 aromatic carbocycles. The molecule has 4 N–H and O–H groups in total. The summed E-state index contributed by atoms with van der Waals surface area (Å²) in [5.41, 5.74) is 1.32. The number of rotatable bonds is 4. The van der Waals surface area contributed by atoms with Crippen molar-refractivity contribution >= 4 is 15.5 Å². The van der Waals surface area contributed by atoms with Crippen LogP contribution in [0, 0.1) is 0 Å². The standard InChI is InChI=1S/C12H14N2O6P2/c1-2-12-11(6-4-8-14(12)22(18,19)20)10-5-3-7-13(9-10)21(15,16)17/h3-9H,2H2,1H3,(H2-2,15,16,17,18,19,20)/p+2.